The zero-order valence-electron chi connectivity index (χ0n) is 43.1. The van der Waals surface area contributed by atoms with Crippen LogP contribution in [-0.2, 0) is 15.7 Å². The van der Waals surface area contributed by atoms with Gasteiger partial charge in [-0.25, -0.2) is 0 Å². The Kier molecular flexibility index (Phi) is 50.7. The smallest absolute Gasteiger partial charge is 0.0654 e. The molecule has 0 bridgehead atoms. The second-order valence-corrected chi connectivity index (χ2v) is 30.0. The van der Waals surface area contributed by atoms with Crippen LogP contribution in [0, 0.1) is 11.8 Å². The van der Waals surface area contributed by atoms with Crippen LogP contribution in [0.4, 0.5) is 0 Å². The fraction of sp³-hybridized carbons (Fsp3) is 0.964. The predicted octanol–water partition coefficient (Wildman–Crippen LogP) is 19.9. The van der Waals surface area contributed by atoms with E-state index in [0.29, 0.717) is 11.5 Å². The van der Waals surface area contributed by atoms with Gasteiger partial charge in [0.1, 0.15) is 0 Å². The number of rotatable bonds is 52. The van der Waals surface area contributed by atoms with Crippen LogP contribution >= 0.6 is 25.3 Å². The third-order valence-electron chi connectivity index (χ3n) is 13.8. The normalized spacial score (nSPS) is 12.8. The van der Waals surface area contributed by atoms with Crippen molar-refractivity contribution in [2.24, 2.45) is 11.8 Å². The van der Waals surface area contributed by atoms with Crippen LogP contribution in [0.3, 0.4) is 0 Å². The number of thiol groups is 2. The fourth-order valence-electron chi connectivity index (χ4n) is 9.32. The zero-order valence-corrected chi connectivity index (χ0v) is 47.8. The second-order valence-electron chi connectivity index (χ2n) is 20.0. The number of carbonyl (C=O) groups is 2. The Hall–Kier alpha value is 0.439. The average Bonchev–Trinajstić information content (AvgIpc) is 3.28. The number of carbonyl (C=O) groups excluding carboxylic acids is 2. The van der Waals surface area contributed by atoms with Gasteiger partial charge in [-0.1, -0.05) is 52.4 Å². The first-order valence-electron chi connectivity index (χ1n) is 28.6. The number of hydrogen-bond acceptors (Lipinski definition) is 6. The summed E-state index contributed by atoms with van der Waals surface area (Å²) in [4.78, 5) is 28.5. The van der Waals surface area contributed by atoms with E-state index in [-0.39, 0.29) is 23.8 Å². The van der Waals surface area contributed by atoms with Gasteiger partial charge >= 0.3 is 362 Å². The minimum atomic E-state index is -4.21. The molecule has 0 aliphatic heterocycles. The van der Waals surface area contributed by atoms with E-state index in [1.165, 1.54) is 218 Å². The first-order valence-corrected chi connectivity index (χ1v) is 36.2. The molecule has 0 N–H and O–H groups in total. The first kappa shape index (κ1) is 63.4. The molecule has 0 spiro atoms. The summed E-state index contributed by atoms with van der Waals surface area (Å²) in [6, 6.07) is 0. The summed E-state index contributed by atoms with van der Waals surface area (Å²) < 4.78 is 15.3. The van der Waals surface area contributed by atoms with Crippen LogP contribution in [0.5, 0.6) is 0 Å². The average molecular weight is 1030 g/mol. The molecule has 0 aromatic carbocycles. The summed E-state index contributed by atoms with van der Waals surface area (Å²) in [5.41, 5.74) is 0. The Balaban J connectivity index is 5.65. The van der Waals surface area contributed by atoms with E-state index in [9.17, 15) is 9.59 Å². The van der Waals surface area contributed by atoms with E-state index >= 15 is 0 Å². The molecule has 4 nitrogen and oxygen atoms in total. The molecule has 0 rings (SSSR count). The summed E-state index contributed by atoms with van der Waals surface area (Å²) in [5.74, 6) is 0.320. The molecule has 0 saturated carbocycles. The first-order chi connectivity index (χ1) is 30.9. The fourth-order valence-corrected chi connectivity index (χ4v) is 19.5. The Morgan fingerprint density at radius 3 is 0.714 bits per heavy atom. The summed E-state index contributed by atoms with van der Waals surface area (Å²) in [5, 5.41) is 0. The Morgan fingerprint density at radius 2 is 0.508 bits per heavy atom. The van der Waals surface area contributed by atoms with E-state index in [2.05, 4.69) is 27.7 Å². The van der Waals surface area contributed by atoms with Crippen LogP contribution in [0.15, 0.2) is 0 Å². The van der Waals surface area contributed by atoms with Crippen LogP contribution in [-0.4, -0.2) is 42.6 Å². The summed E-state index contributed by atoms with van der Waals surface area (Å²) in [6.45, 7) is 9.13. The minimum absolute atomic E-state index is 0.118. The molecule has 376 valence electrons. The third-order valence-corrected chi connectivity index (χ3v) is 24.3. The van der Waals surface area contributed by atoms with Crippen LogP contribution in [0.1, 0.15) is 310 Å². The van der Waals surface area contributed by atoms with E-state index in [0.717, 1.165) is 73.1 Å². The van der Waals surface area contributed by atoms with Gasteiger partial charge < -0.3 is 0 Å². The van der Waals surface area contributed by atoms with E-state index in [4.69, 9.17) is 31.4 Å². The molecule has 0 radical (unpaired) electrons. The van der Waals surface area contributed by atoms with Gasteiger partial charge in [0.25, 0.3) is 0 Å². The summed E-state index contributed by atoms with van der Waals surface area (Å²) in [7, 11) is 0. The number of unbranched alkanes of at least 4 members (excludes halogenated alkanes) is 38. The molecule has 0 fully saturated rings. The van der Waals surface area contributed by atoms with E-state index < -0.39 is 19.2 Å². The van der Waals surface area contributed by atoms with Crippen molar-refractivity contribution in [3.8, 4) is 0 Å². The van der Waals surface area contributed by atoms with Crippen molar-refractivity contribution in [1.29, 1.82) is 0 Å². The second kappa shape index (κ2) is 50.3. The molecule has 0 aliphatic rings. The predicted molar refractivity (Wildman–Crippen MR) is 288 cm³/mol. The van der Waals surface area contributed by atoms with Gasteiger partial charge in [0.15, 0.2) is 0 Å². The van der Waals surface area contributed by atoms with Gasteiger partial charge in [0, 0.05) is 0 Å². The SMILES string of the molecule is CCCCCCCCCCCCCC(CS)C(=O)[O][Sn]([CH2]CCCCCCCCCCC)([CH2]CCCCCCCCCCC)[O]C(=O)C(CS)CCCCCCCCCCCCC. The third kappa shape index (κ3) is 41.2. The van der Waals surface area contributed by atoms with E-state index in [1.807, 2.05) is 0 Å². The molecule has 0 aromatic rings. The summed E-state index contributed by atoms with van der Waals surface area (Å²) >= 11 is 5.22. The molecule has 0 aliphatic carbocycles. The minimum Gasteiger partial charge on any atom is -0.0654 e. The Morgan fingerprint density at radius 1 is 0.317 bits per heavy atom. The molecule has 63 heavy (non-hydrogen) atoms. The number of hydrogen-bond donors (Lipinski definition) is 2. The monoisotopic (exact) mass is 1030 g/mol. The molecule has 0 saturated heterocycles. The van der Waals surface area contributed by atoms with Crippen molar-refractivity contribution in [2.75, 3.05) is 11.5 Å². The molecular weight excluding hydrogens is 919 g/mol. The van der Waals surface area contributed by atoms with Crippen molar-refractivity contribution < 1.29 is 15.7 Å². The van der Waals surface area contributed by atoms with Gasteiger partial charge in [0.05, 0.1) is 0 Å². The molecular formula is C56H112O4S2Sn. The standard InChI is InChI=1S/2C16H32O2S.2C12H25.Sn/c2*1-2-3-4-5-6-7-8-9-10-11-12-13-15(14-19)16(17)18;2*1-3-5-7-9-11-12-10-8-6-4-2;/h2*15,19H,2-14H2,1H3,(H,17,18);2*1,3-12H2,2H3;/q;;;;+2/p-2. The van der Waals surface area contributed by atoms with Crippen LogP contribution in [0.25, 0.3) is 0 Å². The quantitative estimate of drug-likeness (QED) is 0.0362. The molecule has 7 heteroatoms. The maximum absolute atomic E-state index is 14.2. The van der Waals surface area contributed by atoms with Crippen molar-refractivity contribution in [3.05, 3.63) is 0 Å². The maximum atomic E-state index is 14.2. The zero-order chi connectivity index (χ0) is 46.2. The molecule has 0 amide bonds. The van der Waals surface area contributed by atoms with Crippen molar-refractivity contribution in [3.63, 3.8) is 0 Å². The van der Waals surface area contributed by atoms with Crippen molar-refractivity contribution in [1.82, 2.24) is 0 Å². The van der Waals surface area contributed by atoms with Gasteiger partial charge in [-0.15, -0.1) is 0 Å². The van der Waals surface area contributed by atoms with Crippen LogP contribution in [0.2, 0.25) is 8.87 Å². The molecule has 0 aromatic heterocycles. The topological polar surface area (TPSA) is 52.6 Å². The van der Waals surface area contributed by atoms with Gasteiger partial charge in [-0.05, 0) is 0 Å². The Bertz CT molecular complexity index is 876. The molecule has 0 heterocycles. The van der Waals surface area contributed by atoms with Crippen LogP contribution < -0.4 is 0 Å². The molecule has 2 unspecified atom stereocenters. The molecule has 2 atom stereocenters. The van der Waals surface area contributed by atoms with Gasteiger partial charge in [-0.2, -0.15) is 0 Å². The van der Waals surface area contributed by atoms with E-state index in [1.54, 1.807) is 0 Å². The summed E-state index contributed by atoms with van der Waals surface area (Å²) in [6.07, 6.45) is 55.4. The van der Waals surface area contributed by atoms with Crippen molar-refractivity contribution in [2.45, 2.75) is 319 Å². The Labute approximate surface area is 411 Å². The van der Waals surface area contributed by atoms with Gasteiger partial charge in [-0.3, -0.25) is 0 Å². The van der Waals surface area contributed by atoms with Gasteiger partial charge in [0.2, 0.25) is 0 Å². The van der Waals surface area contributed by atoms with Crippen molar-refractivity contribution >= 4 is 56.4 Å².